The Kier molecular flexibility index (Phi) is 3.25. The second-order valence-corrected chi connectivity index (χ2v) is 3.76. The lowest BCUT2D eigenvalue weighted by Crippen LogP contribution is -2.14. The highest BCUT2D eigenvalue weighted by molar-refractivity contribution is 6.30. The number of benzene rings is 1. The van der Waals surface area contributed by atoms with Gasteiger partial charge >= 0.3 is 0 Å². The van der Waals surface area contributed by atoms with Crippen LogP contribution in [0.4, 0.5) is 0 Å². The van der Waals surface area contributed by atoms with Gasteiger partial charge in [-0.25, -0.2) is 4.98 Å². The van der Waals surface area contributed by atoms with Gasteiger partial charge in [0, 0.05) is 11.2 Å². The summed E-state index contributed by atoms with van der Waals surface area (Å²) in [6.07, 6.45) is 1.56. The molecule has 2 aromatic rings. The van der Waals surface area contributed by atoms with Crippen molar-refractivity contribution in [1.82, 2.24) is 4.98 Å². The first kappa shape index (κ1) is 11.4. The molecule has 0 bridgehead atoms. The highest BCUT2D eigenvalue weighted by Crippen LogP contribution is 2.24. The third-order valence-corrected chi connectivity index (χ3v) is 2.32. The lowest BCUT2D eigenvalue weighted by Gasteiger charge is -2.08. The molecule has 0 aliphatic rings. The molecule has 0 aliphatic carbocycles. The number of amidine groups is 1. The molecule has 5 heteroatoms. The Hall–Kier alpha value is -2.07. The van der Waals surface area contributed by atoms with E-state index in [0.29, 0.717) is 22.2 Å². The number of ether oxygens (including phenoxy) is 1. The summed E-state index contributed by atoms with van der Waals surface area (Å²) in [5.74, 6) is 0.932. The van der Waals surface area contributed by atoms with E-state index < -0.39 is 0 Å². The Bertz CT molecular complexity index is 540. The van der Waals surface area contributed by atoms with Gasteiger partial charge in [-0.2, -0.15) is 0 Å². The minimum atomic E-state index is -0.130. The normalized spacial score (nSPS) is 9.94. The molecule has 0 spiro atoms. The second-order valence-electron chi connectivity index (χ2n) is 3.32. The molecule has 0 fully saturated rings. The maximum Gasteiger partial charge on any atom is 0.156 e. The van der Waals surface area contributed by atoms with Gasteiger partial charge in [0.05, 0.1) is 0 Å². The zero-order valence-electron chi connectivity index (χ0n) is 8.85. The fraction of sp³-hybridized carbons (Fsp3) is 0. The Balaban J connectivity index is 2.30. The summed E-state index contributed by atoms with van der Waals surface area (Å²) in [6.45, 7) is 0. The Labute approximate surface area is 104 Å². The maximum absolute atomic E-state index is 7.39. The van der Waals surface area contributed by atoms with E-state index in [4.69, 9.17) is 27.5 Å². The predicted molar refractivity (Wildman–Crippen MR) is 66.8 cm³/mol. The van der Waals surface area contributed by atoms with E-state index in [9.17, 15) is 0 Å². The van der Waals surface area contributed by atoms with Crippen molar-refractivity contribution >= 4 is 17.4 Å². The van der Waals surface area contributed by atoms with Crippen molar-refractivity contribution in [3.8, 4) is 11.5 Å². The third-order valence-electron chi connectivity index (χ3n) is 2.07. The number of rotatable bonds is 3. The van der Waals surface area contributed by atoms with Crippen LogP contribution in [0.2, 0.25) is 5.02 Å². The Morgan fingerprint density at radius 3 is 2.59 bits per heavy atom. The molecule has 0 atom stereocenters. The number of nitrogens with one attached hydrogen (secondary N) is 1. The SMILES string of the molecule is N=C(N)c1ncccc1Oc1ccc(Cl)cc1. The van der Waals surface area contributed by atoms with Crippen molar-refractivity contribution in [2.45, 2.75) is 0 Å². The second kappa shape index (κ2) is 4.84. The number of aromatic nitrogens is 1. The van der Waals surface area contributed by atoms with Gasteiger partial charge < -0.3 is 10.5 Å². The van der Waals surface area contributed by atoms with Crippen LogP contribution in [0.5, 0.6) is 11.5 Å². The predicted octanol–water partition coefficient (Wildman–Crippen LogP) is 2.81. The van der Waals surface area contributed by atoms with Crippen LogP contribution in [0.25, 0.3) is 0 Å². The molecule has 0 unspecified atom stereocenters. The van der Waals surface area contributed by atoms with Crippen LogP contribution in [0.1, 0.15) is 5.69 Å². The molecule has 0 saturated carbocycles. The molecule has 1 aromatic carbocycles. The first-order chi connectivity index (χ1) is 8.16. The van der Waals surface area contributed by atoms with Gasteiger partial charge in [-0.3, -0.25) is 5.41 Å². The minimum absolute atomic E-state index is 0.130. The van der Waals surface area contributed by atoms with E-state index in [1.165, 1.54) is 0 Å². The number of nitrogens with two attached hydrogens (primary N) is 1. The topological polar surface area (TPSA) is 72.0 Å². The van der Waals surface area contributed by atoms with Crippen molar-refractivity contribution in [2.75, 3.05) is 0 Å². The quantitative estimate of drug-likeness (QED) is 0.647. The van der Waals surface area contributed by atoms with Crippen molar-refractivity contribution in [3.05, 3.63) is 53.3 Å². The van der Waals surface area contributed by atoms with Gasteiger partial charge in [-0.15, -0.1) is 0 Å². The zero-order valence-corrected chi connectivity index (χ0v) is 9.61. The first-order valence-electron chi connectivity index (χ1n) is 4.89. The summed E-state index contributed by atoms with van der Waals surface area (Å²) >= 11 is 5.77. The maximum atomic E-state index is 7.39. The van der Waals surface area contributed by atoms with Gasteiger partial charge in [0.25, 0.3) is 0 Å². The van der Waals surface area contributed by atoms with Crippen LogP contribution in [0.3, 0.4) is 0 Å². The van der Waals surface area contributed by atoms with Crippen LogP contribution in [-0.2, 0) is 0 Å². The highest BCUT2D eigenvalue weighted by Gasteiger charge is 2.08. The number of nitrogens with zero attached hydrogens (tertiary/aromatic N) is 1. The number of nitrogen functional groups attached to an aromatic ring is 1. The molecule has 3 N–H and O–H groups in total. The Morgan fingerprint density at radius 1 is 1.24 bits per heavy atom. The largest absolute Gasteiger partial charge is 0.455 e. The van der Waals surface area contributed by atoms with Crippen molar-refractivity contribution in [1.29, 1.82) is 5.41 Å². The van der Waals surface area contributed by atoms with Crippen LogP contribution in [0, 0.1) is 5.41 Å². The zero-order chi connectivity index (χ0) is 12.3. The summed E-state index contributed by atoms with van der Waals surface area (Å²) in [7, 11) is 0. The van der Waals surface area contributed by atoms with E-state index in [1.807, 2.05) is 0 Å². The molecule has 0 aliphatic heterocycles. The van der Waals surface area contributed by atoms with Gasteiger partial charge in [0.1, 0.15) is 17.3 Å². The smallest absolute Gasteiger partial charge is 0.156 e. The third kappa shape index (κ3) is 2.73. The van der Waals surface area contributed by atoms with Crippen LogP contribution >= 0.6 is 11.6 Å². The van der Waals surface area contributed by atoms with E-state index in [-0.39, 0.29) is 5.84 Å². The van der Waals surface area contributed by atoms with E-state index >= 15 is 0 Å². The molecular formula is C12H10ClN3O. The number of hydrogen-bond donors (Lipinski definition) is 2. The summed E-state index contributed by atoms with van der Waals surface area (Å²) in [6, 6.07) is 10.3. The van der Waals surface area contributed by atoms with Crippen molar-refractivity contribution in [2.24, 2.45) is 5.73 Å². The molecule has 0 saturated heterocycles. The number of hydrogen-bond acceptors (Lipinski definition) is 3. The van der Waals surface area contributed by atoms with Crippen LogP contribution in [-0.4, -0.2) is 10.8 Å². The summed E-state index contributed by atoms with van der Waals surface area (Å²) in [4.78, 5) is 3.99. The molecule has 4 nitrogen and oxygen atoms in total. The minimum Gasteiger partial charge on any atom is -0.455 e. The van der Waals surface area contributed by atoms with Crippen molar-refractivity contribution < 1.29 is 4.74 Å². The monoisotopic (exact) mass is 247 g/mol. The molecular weight excluding hydrogens is 238 g/mol. The average molecular weight is 248 g/mol. The molecule has 86 valence electrons. The summed E-state index contributed by atoms with van der Waals surface area (Å²) in [5.41, 5.74) is 5.73. The molecule has 0 amide bonds. The van der Waals surface area contributed by atoms with Gasteiger partial charge in [0.15, 0.2) is 5.75 Å². The summed E-state index contributed by atoms with van der Waals surface area (Å²) in [5, 5.41) is 8.02. The van der Waals surface area contributed by atoms with Crippen LogP contribution in [0.15, 0.2) is 42.6 Å². The molecule has 1 aromatic heterocycles. The Morgan fingerprint density at radius 2 is 1.94 bits per heavy atom. The first-order valence-corrected chi connectivity index (χ1v) is 5.27. The van der Waals surface area contributed by atoms with Crippen molar-refractivity contribution in [3.63, 3.8) is 0 Å². The van der Waals surface area contributed by atoms with Gasteiger partial charge in [-0.1, -0.05) is 11.6 Å². The number of halogens is 1. The molecule has 17 heavy (non-hydrogen) atoms. The van der Waals surface area contributed by atoms with E-state index in [2.05, 4.69) is 4.98 Å². The average Bonchev–Trinajstić information content (AvgIpc) is 2.32. The molecule has 2 rings (SSSR count). The fourth-order valence-corrected chi connectivity index (χ4v) is 1.43. The highest BCUT2D eigenvalue weighted by atomic mass is 35.5. The molecule has 0 radical (unpaired) electrons. The van der Waals surface area contributed by atoms with E-state index in [0.717, 1.165) is 0 Å². The standard InChI is InChI=1S/C12H10ClN3O/c13-8-3-5-9(6-4-8)17-10-2-1-7-16-11(10)12(14)15/h1-7H,(H3,14,15). The van der Waals surface area contributed by atoms with Gasteiger partial charge in [0.2, 0.25) is 0 Å². The summed E-state index contributed by atoms with van der Waals surface area (Å²) < 4.78 is 5.58. The number of pyridine rings is 1. The van der Waals surface area contributed by atoms with E-state index in [1.54, 1.807) is 42.6 Å². The lowest BCUT2D eigenvalue weighted by atomic mass is 10.3. The lowest BCUT2D eigenvalue weighted by molar-refractivity contribution is 0.479. The van der Waals surface area contributed by atoms with Gasteiger partial charge in [-0.05, 0) is 36.4 Å². The molecule has 1 heterocycles. The van der Waals surface area contributed by atoms with Crippen LogP contribution < -0.4 is 10.5 Å². The fourth-order valence-electron chi connectivity index (χ4n) is 1.30.